The van der Waals surface area contributed by atoms with Gasteiger partial charge in [0.1, 0.15) is 0 Å². The van der Waals surface area contributed by atoms with Crippen LogP contribution < -0.4 is 9.47 Å². The van der Waals surface area contributed by atoms with Crippen LogP contribution >= 0.6 is 11.6 Å². The number of nitriles is 1. The number of hydrogen-bond donors (Lipinski definition) is 0. The summed E-state index contributed by atoms with van der Waals surface area (Å²) in [6, 6.07) is 5.65. The van der Waals surface area contributed by atoms with E-state index in [0.717, 1.165) is 5.56 Å². The molecule has 0 N–H and O–H groups in total. The van der Waals surface area contributed by atoms with Crippen molar-refractivity contribution in [2.75, 3.05) is 14.2 Å². The normalized spacial score (nSPS) is 11.7. The molecule has 1 aromatic carbocycles. The van der Waals surface area contributed by atoms with Crippen LogP contribution in [0.4, 0.5) is 0 Å². The molecule has 1 unspecified atom stereocenters. The van der Waals surface area contributed by atoms with Gasteiger partial charge in [0.25, 0.3) is 0 Å². The Labute approximate surface area is 94.2 Å². The monoisotopic (exact) mass is 225 g/mol. The van der Waals surface area contributed by atoms with Crippen LogP contribution in [0.2, 0.25) is 5.02 Å². The highest BCUT2D eigenvalue weighted by Crippen LogP contribution is 2.39. The molecule has 0 fully saturated rings. The summed E-state index contributed by atoms with van der Waals surface area (Å²) in [5, 5.41) is 9.26. The van der Waals surface area contributed by atoms with Crippen molar-refractivity contribution < 1.29 is 9.47 Å². The minimum atomic E-state index is -0.266. The van der Waals surface area contributed by atoms with Crippen LogP contribution in [0.5, 0.6) is 11.5 Å². The van der Waals surface area contributed by atoms with Gasteiger partial charge in [-0.05, 0) is 18.6 Å². The van der Waals surface area contributed by atoms with Gasteiger partial charge in [0.05, 0.1) is 31.2 Å². The lowest BCUT2D eigenvalue weighted by molar-refractivity contribution is 0.354. The fourth-order valence-electron chi connectivity index (χ4n) is 1.31. The Balaban J connectivity index is 3.30. The average Bonchev–Trinajstić information content (AvgIpc) is 2.27. The second-order valence-corrected chi connectivity index (χ2v) is 3.43. The van der Waals surface area contributed by atoms with Crippen molar-refractivity contribution in [1.29, 1.82) is 5.26 Å². The zero-order valence-electron chi connectivity index (χ0n) is 8.87. The third-order valence-corrected chi connectivity index (χ3v) is 2.56. The van der Waals surface area contributed by atoms with Crippen molar-refractivity contribution in [2.24, 2.45) is 0 Å². The topological polar surface area (TPSA) is 42.2 Å². The second-order valence-electron chi connectivity index (χ2n) is 3.06. The minimum absolute atomic E-state index is 0.266. The zero-order chi connectivity index (χ0) is 11.4. The number of halogens is 1. The first-order valence-electron chi connectivity index (χ1n) is 4.45. The molecule has 1 aromatic rings. The van der Waals surface area contributed by atoms with Crippen LogP contribution in [-0.2, 0) is 0 Å². The fraction of sp³-hybridized carbons (Fsp3) is 0.364. The molecule has 0 amide bonds. The zero-order valence-corrected chi connectivity index (χ0v) is 9.63. The molecular formula is C11H12ClNO2. The van der Waals surface area contributed by atoms with Gasteiger partial charge < -0.3 is 9.47 Å². The third-order valence-electron chi connectivity index (χ3n) is 2.18. The van der Waals surface area contributed by atoms with E-state index in [1.54, 1.807) is 26.2 Å². The van der Waals surface area contributed by atoms with Crippen molar-refractivity contribution in [2.45, 2.75) is 12.8 Å². The highest BCUT2D eigenvalue weighted by atomic mass is 35.5. The first-order valence-corrected chi connectivity index (χ1v) is 4.83. The summed E-state index contributed by atoms with van der Waals surface area (Å²) in [6.45, 7) is 1.78. The molecule has 0 aliphatic carbocycles. The van der Waals surface area contributed by atoms with Gasteiger partial charge in [0, 0.05) is 0 Å². The molecule has 0 spiro atoms. The molecule has 0 aromatic heterocycles. The largest absolute Gasteiger partial charge is 0.493 e. The first-order chi connectivity index (χ1) is 7.15. The third kappa shape index (κ3) is 2.16. The maximum atomic E-state index is 8.82. The molecule has 15 heavy (non-hydrogen) atoms. The Hall–Kier alpha value is -1.40. The van der Waals surface area contributed by atoms with Gasteiger partial charge in [-0.15, -0.1) is 0 Å². The molecule has 4 heteroatoms. The molecule has 0 aliphatic rings. The van der Waals surface area contributed by atoms with Crippen LogP contribution in [0.15, 0.2) is 12.1 Å². The smallest absolute Gasteiger partial charge is 0.179 e. The maximum absolute atomic E-state index is 8.82. The SMILES string of the molecule is COc1ccc(C(C)C#N)c(Cl)c1OC. The van der Waals surface area contributed by atoms with Gasteiger partial charge in [-0.2, -0.15) is 5.26 Å². The van der Waals surface area contributed by atoms with Gasteiger partial charge in [0.15, 0.2) is 11.5 Å². The molecule has 0 saturated heterocycles. The standard InChI is InChI=1S/C11H12ClNO2/c1-7(6-13)8-4-5-9(14-2)11(15-3)10(8)12/h4-5,7H,1-3H3. The van der Waals surface area contributed by atoms with E-state index >= 15 is 0 Å². The summed E-state index contributed by atoms with van der Waals surface area (Å²) in [5.41, 5.74) is 0.747. The summed E-state index contributed by atoms with van der Waals surface area (Å²) in [6.07, 6.45) is 0. The van der Waals surface area contributed by atoms with E-state index in [-0.39, 0.29) is 5.92 Å². The number of ether oxygens (including phenoxy) is 2. The molecule has 0 saturated carbocycles. The molecule has 1 rings (SSSR count). The van der Waals surface area contributed by atoms with Gasteiger partial charge in [-0.3, -0.25) is 0 Å². The summed E-state index contributed by atoms with van der Waals surface area (Å²) < 4.78 is 10.2. The number of benzene rings is 1. The average molecular weight is 226 g/mol. The minimum Gasteiger partial charge on any atom is -0.493 e. The Morgan fingerprint density at radius 1 is 1.33 bits per heavy atom. The summed E-state index contributed by atoms with van der Waals surface area (Å²) in [4.78, 5) is 0. The highest BCUT2D eigenvalue weighted by molar-refractivity contribution is 6.33. The predicted octanol–water partition coefficient (Wildman–Crippen LogP) is 2.98. The molecule has 1 atom stereocenters. The summed E-state index contributed by atoms with van der Waals surface area (Å²) >= 11 is 6.11. The summed E-state index contributed by atoms with van der Waals surface area (Å²) in [7, 11) is 3.06. The van der Waals surface area contributed by atoms with E-state index in [1.807, 2.05) is 0 Å². The number of rotatable bonds is 3. The lowest BCUT2D eigenvalue weighted by atomic mass is 10.0. The van der Waals surface area contributed by atoms with E-state index < -0.39 is 0 Å². The van der Waals surface area contributed by atoms with Crippen LogP contribution in [0.25, 0.3) is 0 Å². The van der Waals surface area contributed by atoms with E-state index in [9.17, 15) is 0 Å². The van der Waals surface area contributed by atoms with Crippen molar-refractivity contribution in [1.82, 2.24) is 0 Å². The Morgan fingerprint density at radius 2 is 2.00 bits per heavy atom. The Bertz CT molecular complexity index is 398. The predicted molar refractivity (Wildman–Crippen MR) is 58.6 cm³/mol. The van der Waals surface area contributed by atoms with Crippen LogP contribution in [0.1, 0.15) is 18.4 Å². The molecular weight excluding hydrogens is 214 g/mol. The van der Waals surface area contributed by atoms with Gasteiger partial charge in [-0.1, -0.05) is 17.7 Å². The van der Waals surface area contributed by atoms with Crippen LogP contribution in [-0.4, -0.2) is 14.2 Å². The highest BCUT2D eigenvalue weighted by Gasteiger charge is 2.16. The van der Waals surface area contributed by atoms with E-state index in [0.29, 0.717) is 16.5 Å². The lowest BCUT2D eigenvalue weighted by Gasteiger charge is -2.13. The van der Waals surface area contributed by atoms with Gasteiger partial charge >= 0.3 is 0 Å². The quantitative estimate of drug-likeness (QED) is 0.794. The van der Waals surface area contributed by atoms with E-state index in [2.05, 4.69) is 6.07 Å². The molecule has 0 aliphatic heterocycles. The second kappa shape index (κ2) is 4.90. The molecule has 3 nitrogen and oxygen atoms in total. The molecule has 0 bridgehead atoms. The van der Waals surface area contributed by atoms with Gasteiger partial charge in [0.2, 0.25) is 0 Å². The fourth-order valence-corrected chi connectivity index (χ4v) is 1.71. The van der Waals surface area contributed by atoms with Gasteiger partial charge in [-0.25, -0.2) is 0 Å². The molecule has 0 radical (unpaired) electrons. The van der Waals surface area contributed by atoms with Crippen LogP contribution in [0.3, 0.4) is 0 Å². The van der Waals surface area contributed by atoms with E-state index in [1.165, 1.54) is 7.11 Å². The molecule has 0 heterocycles. The maximum Gasteiger partial charge on any atom is 0.179 e. The van der Waals surface area contributed by atoms with Crippen molar-refractivity contribution in [3.8, 4) is 17.6 Å². The number of hydrogen-bond acceptors (Lipinski definition) is 3. The van der Waals surface area contributed by atoms with Crippen molar-refractivity contribution >= 4 is 11.6 Å². The van der Waals surface area contributed by atoms with Crippen LogP contribution in [0, 0.1) is 11.3 Å². The van der Waals surface area contributed by atoms with Crippen molar-refractivity contribution in [3.05, 3.63) is 22.7 Å². The molecule has 80 valence electrons. The van der Waals surface area contributed by atoms with Crippen molar-refractivity contribution in [3.63, 3.8) is 0 Å². The summed E-state index contributed by atoms with van der Waals surface area (Å²) in [5.74, 6) is 0.771. The Kier molecular flexibility index (Phi) is 3.81. The Morgan fingerprint density at radius 3 is 2.47 bits per heavy atom. The number of nitrogens with zero attached hydrogens (tertiary/aromatic N) is 1. The number of methoxy groups -OCH3 is 2. The first kappa shape index (κ1) is 11.7. The lowest BCUT2D eigenvalue weighted by Crippen LogP contribution is -1.97. The van der Waals surface area contributed by atoms with E-state index in [4.69, 9.17) is 26.3 Å².